The molecular weight excluding hydrogens is 1910 g/mol. The molecular formula is C110H118Cl3N21O12. The lowest BCUT2D eigenvalue weighted by Crippen LogP contribution is -2.53. The molecule has 756 valence electrons. The van der Waals surface area contributed by atoms with Crippen molar-refractivity contribution in [3.8, 4) is 11.4 Å². The van der Waals surface area contributed by atoms with E-state index in [1.807, 2.05) is 185 Å². The molecule has 4 fully saturated rings. The molecule has 4 saturated heterocycles. The number of nitrogens with one attached hydrogen (secondary N) is 5. The van der Waals surface area contributed by atoms with E-state index in [0.29, 0.717) is 58.6 Å². The van der Waals surface area contributed by atoms with E-state index in [2.05, 4.69) is 107 Å². The number of nitrogen functional groups attached to an aromatic ring is 1. The van der Waals surface area contributed by atoms with Gasteiger partial charge in [-0.25, -0.2) is 19.2 Å². The molecule has 0 saturated carbocycles. The van der Waals surface area contributed by atoms with Crippen LogP contribution in [0.2, 0.25) is 10.0 Å². The molecule has 0 bridgehead atoms. The first-order valence-corrected chi connectivity index (χ1v) is 48.4. The van der Waals surface area contributed by atoms with Crippen LogP contribution in [0.3, 0.4) is 0 Å². The zero-order chi connectivity index (χ0) is 101. The van der Waals surface area contributed by atoms with Crippen molar-refractivity contribution in [3.05, 3.63) is 340 Å². The third-order valence-electron chi connectivity index (χ3n) is 25.2. The normalized spacial score (nSPS) is 17.7. The second-order valence-electron chi connectivity index (χ2n) is 37.6. The summed E-state index contributed by atoms with van der Waals surface area (Å²) in [6.07, 6.45) is 22.6. The summed E-state index contributed by atoms with van der Waals surface area (Å²) in [5.41, 5.74) is 18.8. The Balaban J connectivity index is 0.000000152. The van der Waals surface area contributed by atoms with E-state index in [1.54, 1.807) is 97.8 Å². The van der Waals surface area contributed by atoms with Crippen molar-refractivity contribution in [3.63, 3.8) is 0 Å². The monoisotopic (exact) mass is 2030 g/mol. The number of ketones is 3. The molecule has 6 aromatic heterocycles. The van der Waals surface area contributed by atoms with Crippen LogP contribution in [0.1, 0.15) is 174 Å². The van der Waals surface area contributed by atoms with Gasteiger partial charge in [0, 0.05) is 123 Å². The number of carbonyl (C=O) groups excluding carboxylic acids is 6. The molecule has 10 heterocycles. The van der Waals surface area contributed by atoms with Crippen molar-refractivity contribution in [1.29, 1.82) is 0 Å². The number of aliphatic carboxylic acids is 2. The third kappa shape index (κ3) is 28.7. The average Bonchev–Trinajstić information content (AvgIpc) is 0.793. The molecule has 20 rings (SSSR count). The number of anilines is 1. The summed E-state index contributed by atoms with van der Waals surface area (Å²) < 4.78 is 14.0. The number of fused-ring (bicyclic) bond motifs is 4. The van der Waals surface area contributed by atoms with Gasteiger partial charge in [-0.15, -0.1) is 22.6 Å². The number of carbonyl (C=O) groups is 8. The summed E-state index contributed by atoms with van der Waals surface area (Å²) in [6.45, 7) is 13.2. The molecule has 0 spiro atoms. The lowest BCUT2D eigenvalue weighted by molar-refractivity contribution is -0.145. The minimum absolute atomic E-state index is 0. The van der Waals surface area contributed by atoms with Gasteiger partial charge in [0.05, 0.1) is 70.3 Å². The van der Waals surface area contributed by atoms with Crippen molar-refractivity contribution in [2.75, 3.05) is 31.9 Å². The number of aromatic nitrogens is 16. The van der Waals surface area contributed by atoms with Gasteiger partial charge < -0.3 is 35.6 Å². The first kappa shape index (κ1) is 108. The molecule has 0 aliphatic carbocycles. The van der Waals surface area contributed by atoms with Crippen molar-refractivity contribution in [2.24, 2.45) is 0 Å². The SMILES string of the molecule is C.CC(C)(C)OC(=O)N1CCCC(c2ccccc2)C1C(=O)Cc1ccc2[nH]ncc2c1.CC(C)(C)OC(=O)N1CCCC(c2ccccc2)C1C(=O)O.Cl.Nc1ccc2[nH]ncc2c1.O=C(Cc1ccc2[nH]ncc2c1)C1C(c2ccccc2)CCCN1C(=O)/C=C/c1cc(Cl)ccc1-n1cnnn1.O=C(Cc1ccc2[nH]ncc2c1)C1NCCCC1c1ccccc1.O=C(O)/C=C/c1cc(Cl)ccc1-n1cnnn1. The summed E-state index contributed by atoms with van der Waals surface area (Å²) in [5, 5.41) is 76.6. The topological polar surface area (TPSA) is 445 Å². The first-order chi connectivity index (χ1) is 69.5. The number of hydrogen-bond donors (Lipinski definition) is 8. The molecule has 8 unspecified atom stereocenters. The molecule has 146 heavy (non-hydrogen) atoms. The minimum atomic E-state index is -1.03. The predicted octanol–water partition coefficient (Wildman–Crippen LogP) is 19.7. The fourth-order valence-corrected chi connectivity index (χ4v) is 19.1. The van der Waals surface area contributed by atoms with Crippen molar-refractivity contribution in [1.82, 2.24) is 101 Å². The van der Waals surface area contributed by atoms with Gasteiger partial charge in [0.25, 0.3) is 0 Å². The number of amides is 3. The Hall–Kier alpha value is -15.7. The van der Waals surface area contributed by atoms with Gasteiger partial charge in [0.15, 0.2) is 17.3 Å². The van der Waals surface area contributed by atoms with Gasteiger partial charge in [-0.2, -0.15) is 29.8 Å². The van der Waals surface area contributed by atoms with E-state index in [9.17, 15) is 43.5 Å². The number of halogens is 3. The largest absolute Gasteiger partial charge is 0.480 e. The number of carboxylic acid groups (broad SMARTS) is 2. The zero-order valence-electron chi connectivity index (χ0n) is 80.9. The van der Waals surface area contributed by atoms with E-state index >= 15 is 0 Å². The Kier molecular flexibility index (Phi) is 37.2. The molecule has 16 aromatic rings. The fourth-order valence-electron chi connectivity index (χ4n) is 18.7. The number of H-pyrrole nitrogens is 4. The van der Waals surface area contributed by atoms with E-state index in [4.69, 9.17) is 43.5 Å². The Bertz CT molecular complexity index is 7140. The van der Waals surface area contributed by atoms with Gasteiger partial charge >= 0.3 is 24.1 Å². The summed E-state index contributed by atoms with van der Waals surface area (Å²) in [5.74, 6) is -2.03. The van der Waals surface area contributed by atoms with Gasteiger partial charge in [0.2, 0.25) is 5.91 Å². The van der Waals surface area contributed by atoms with Gasteiger partial charge in [0.1, 0.15) is 35.9 Å². The number of piperidine rings is 4. The first-order valence-electron chi connectivity index (χ1n) is 47.7. The zero-order valence-corrected chi connectivity index (χ0v) is 83.2. The van der Waals surface area contributed by atoms with Crippen LogP contribution < -0.4 is 11.1 Å². The number of rotatable bonds is 20. The van der Waals surface area contributed by atoms with Crippen molar-refractivity contribution >= 4 is 144 Å². The number of ether oxygens (including phenoxy) is 2. The number of benzene rings is 10. The predicted molar refractivity (Wildman–Crippen MR) is 565 cm³/mol. The summed E-state index contributed by atoms with van der Waals surface area (Å²) in [4.78, 5) is 107. The van der Waals surface area contributed by atoms with E-state index < -0.39 is 53.5 Å². The van der Waals surface area contributed by atoms with Crippen LogP contribution in [0.4, 0.5) is 15.3 Å². The smallest absolute Gasteiger partial charge is 0.411 e. The van der Waals surface area contributed by atoms with Crippen LogP contribution in [0.25, 0.3) is 67.1 Å². The lowest BCUT2D eigenvalue weighted by Gasteiger charge is -2.41. The molecule has 8 atom stereocenters. The Labute approximate surface area is 860 Å². The Morgan fingerprint density at radius 3 is 1.17 bits per heavy atom. The summed E-state index contributed by atoms with van der Waals surface area (Å²) in [7, 11) is 0. The highest BCUT2D eigenvalue weighted by atomic mass is 35.5. The number of likely N-dealkylation sites (tertiary alicyclic amines) is 3. The second kappa shape index (κ2) is 50.5. The Morgan fingerprint density at radius 2 is 0.781 bits per heavy atom. The number of aromatic amines is 4. The molecule has 4 aliphatic heterocycles. The quantitative estimate of drug-likeness (QED) is 0.0259. The average molecular weight is 2030 g/mol. The minimum Gasteiger partial charge on any atom is -0.480 e. The maximum atomic E-state index is 14.0. The number of Topliss-reactive ketones (excluding diaryl/α,β-unsaturated/α-hetero) is 3. The number of nitrogens with zero attached hydrogens (tertiary/aromatic N) is 15. The standard InChI is InChI=1S/C30H26ClN7O2.C25H29N3O3.C20H21N3O.C17H23NO4.C10H7ClN4O2.C7H7N3.CH4.ClH/c31-24-10-12-27(38-19-33-35-36-38)22(17-24)9-13-29(40)37-14-4-7-25(21-5-2-1-3-6-21)30(37)28(39)16-20-8-11-26-23(15-20)18-32-34-26;1-25(2,3)31-24(30)28-13-7-10-20(18-8-5-4-6-9-18)23(28)22(29)15-17-11-12-21-19(14-17)16-26-27-21;24-19(12-14-8-9-18-16(11-14)13-22-23-18)20-17(7-4-10-21-20)15-5-2-1-3-6-15;1-17(2,3)22-16(21)18-11-7-10-13(14(18)15(19)20)12-8-5-4-6-9-12;11-8-2-3-9(15-6-12-13-14-15)7(5-8)1-4-10(16)17;8-6-1-2-7-5(3-6)4-9-10-7;;/h1-3,5-6,8-13,15,17-19,25,30H,4,7,14,16H2,(H,32,34);4-6,8-9,11-12,14,16,20,23H,7,10,13,15H2,1-3H3,(H,26,27);1-3,5-6,8-9,11,13,17,20-21H,4,7,10,12H2,(H,22,23);4-6,8-9,13-14H,7,10-11H2,1-3H3,(H,19,20);1-6H,(H,16,17);1-4H,8H2,(H,9,10);1H4;1H/b13-9+;;;;4-1+;;;. The molecule has 9 N–H and O–H groups in total. The van der Waals surface area contributed by atoms with Gasteiger partial charge in [-0.05, 0) is 262 Å². The molecule has 10 aromatic carbocycles. The van der Waals surface area contributed by atoms with E-state index in [0.717, 1.165) is 147 Å². The lowest BCUT2D eigenvalue weighted by atomic mass is 9.80. The van der Waals surface area contributed by atoms with Crippen molar-refractivity contribution < 1.29 is 58.0 Å². The van der Waals surface area contributed by atoms with Crippen LogP contribution in [0, 0.1) is 0 Å². The number of hydrogen-bond acceptors (Lipinski definition) is 22. The fraction of sp³-hybridized carbons (Fsp3) is 0.291. The number of tetrazole rings is 2. The molecule has 33 nitrogen and oxygen atoms in total. The third-order valence-corrected chi connectivity index (χ3v) is 25.6. The second-order valence-corrected chi connectivity index (χ2v) is 38.4. The molecule has 0 radical (unpaired) electrons. The maximum Gasteiger partial charge on any atom is 0.411 e. The molecule has 4 aliphatic rings. The van der Waals surface area contributed by atoms with Crippen LogP contribution >= 0.6 is 35.6 Å². The van der Waals surface area contributed by atoms with Crippen molar-refractivity contribution in [2.45, 2.75) is 179 Å². The Morgan fingerprint density at radius 1 is 0.425 bits per heavy atom. The van der Waals surface area contributed by atoms with E-state index in [1.165, 1.54) is 44.6 Å². The van der Waals surface area contributed by atoms with Crippen LogP contribution in [-0.2, 0) is 57.5 Å². The maximum absolute atomic E-state index is 14.0. The van der Waals surface area contributed by atoms with Crippen LogP contribution in [0.5, 0.6) is 0 Å². The molecule has 3 amide bonds. The highest BCUT2D eigenvalue weighted by Crippen LogP contribution is 2.40. The van der Waals surface area contributed by atoms with Gasteiger partial charge in [-0.3, -0.25) is 49.4 Å². The summed E-state index contributed by atoms with van der Waals surface area (Å²) in [6, 6.07) is 71.5. The molecule has 36 heteroatoms. The highest BCUT2D eigenvalue weighted by molar-refractivity contribution is 6.31. The number of carboxylic acids is 2. The van der Waals surface area contributed by atoms with E-state index in [-0.39, 0.29) is 85.6 Å². The summed E-state index contributed by atoms with van der Waals surface area (Å²) >= 11 is 12.1. The van der Waals surface area contributed by atoms with Crippen LogP contribution in [-0.4, -0.2) is 215 Å². The van der Waals surface area contributed by atoms with Crippen LogP contribution in [0.15, 0.2) is 280 Å². The number of nitrogens with two attached hydrogens (primary N) is 1. The van der Waals surface area contributed by atoms with Gasteiger partial charge in [-0.1, -0.05) is 170 Å². The highest BCUT2D eigenvalue weighted by Gasteiger charge is 2.45.